The molecule has 5 heavy (non-hydrogen) atoms. The van der Waals surface area contributed by atoms with E-state index in [1.807, 2.05) is 0 Å². The summed E-state index contributed by atoms with van der Waals surface area (Å²) in [5.41, 5.74) is 1.49. The molecule has 0 aromatic heterocycles. The molecule has 0 saturated heterocycles. The minimum atomic E-state index is -0.375. The van der Waals surface area contributed by atoms with Crippen LogP contribution < -0.4 is 5.48 Å². The molecule has 0 heterocycles. The molecule has 0 fully saturated rings. The van der Waals surface area contributed by atoms with E-state index in [9.17, 15) is 0 Å². The van der Waals surface area contributed by atoms with Gasteiger partial charge in [0.2, 0.25) is 0 Å². The van der Waals surface area contributed by atoms with Gasteiger partial charge in [0.1, 0.15) is 6.73 Å². The second-order valence-electron chi connectivity index (χ2n) is 0.316. The number of rotatable bonds is 1. The van der Waals surface area contributed by atoms with Gasteiger partial charge >= 0.3 is 51.4 Å². The van der Waals surface area contributed by atoms with Gasteiger partial charge < -0.3 is 10.3 Å². The molecule has 0 aliphatic heterocycles. The molecule has 3 nitrogen and oxygen atoms in total. The number of hydrogen-bond donors (Lipinski definition) is 3. The van der Waals surface area contributed by atoms with Gasteiger partial charge in [-0.05, 0) is 0 Å². The predicted molar refractivity (Wildman–Crippen MR) is 19.2 cm³/mol. The third-order valence-corrected chi connectivity index (χ3v) is 0.0707. The summed E-state index contributed by atoms with van der Waals surface area (Å²) in [6.07, 6.45) is 0. The van der Waals surface area contributed by atoms with Crippen LogP contribution in [0.15, 0.2) is 0 Å². The molecule has 0 rings (SSSR count). The van der Waals surface area contributed by atoms with Crippen LogP contribution in [-0.2, 0) is 0 Å². The quantitative estimate of drug-likeness (QED) is 0.210. The molecule has 4 heteroatoms. The first-order chi connectivity index (χ1) is 1.91. The summed E-state index contributed by atoms with van der Waals surface area (Å²) in [6.45, 7) is -0.375. The third-order valence-electron chi connectivity index (χ3n) is 0.0707. The molecule has 0 saturated carbocycles. The number of aliphatic hydroxyl groups is 1. The standard InChI is InChI=1S/CH5NO2.K.H/c3-1-2-4;;/h2-4H,1H2;;. The van der Waals surface area contributed by atoms with Crippen molar-refractivity contribution in [3.05, 3.63) is 0 Å². The van der Waals surface area contributed by atoms with Crippen molar-refractivity contribution in [2.75, 3.05) is 6.73 Å². The van der Waals surface area contributed by atoms with Gasteiger partial charge in [-0.3, -0.25) is 0 Å². The van der Waals surface area contributed by atoms with E-state index >= 15 is 0 Å². The van der Waals surface area contributed by atoms with Crippen LogP contribution in [0.1, 0.15) is 0 Å². The molecule has 0 unspecified atom stereocenters. The van der Waals surface area contributed by atoms with Crippen LogP contribution in [-0.4, -0.2) is 68.4 Å². The summed E-state index contributed by atoms with van der Waals surface area (Å²) >= 11 is 0. The van der Waals surface area contributed by atoms with Crippen molar-refractivity contribution in [2.24, 2.45) is 0 Å². The Morgan fingerprint density at radius 3 is 1.80 bits per heavy atom. The zero-order valence-corrected chi connectivity index (χ0v) is 2.10. The van der Waals surface area contributed by atoms with Crippen LogP contribution in [0, 0.1) is 0 Å². The molecule has 0 radical (unpaired) electrons. The van der Waals surface area contributed by atoms with E-state index in [0.717, 1.165) is 0 Å². The second-order valence-corrected chi connectivity index (χ2v) is 0.316. The molecule has 0 aromatic carbocycles. The Kier molecular flexibility index (Phi) is 17.7. The minimum absolute atomic E-state index is 0. The number of hydrogen-bond acceptors (Lipinski definition) is 3. The molecule has 0 bridgehead atoms. The van der Waals surface area contributed by atoms with Crippen LogP contribution >= 0.6 is 0 Å². The van der Waals surface area contributed by atoms with Crippen LogP contribution in [0.5, 0.6) is 0 Å². The Labute approximate surface area is 72.8 Å². The Morgan fingerprint density at radius 1 is 1.60 bits per heavy atom. The van der Waals surface area contributed by atoms with E-state index in [1.165, 1.54) is 5.48 Å². The molecular weight excluding hydrogens is 97.1 g/mol. The SMILES string of the molecule is OCNO.[KH]. The van der Waals surface area contributed by atoms with E-state index in [2.05, 4.69) is 0 Å². The average molecular weight is 103 g/mol. The van der Waals surface area contributed by atoms with Crippen molar-refractivity contribution in [1.29, 1.82) is 0 Å². The molecule has 0 spiro atoms. The second kappa shape index (κ2) is 9.10. The van der Waals surface area contributed by atoms with Crippen molar-refractivity contribution in [3.8, 4) is 0 Å². The summed E-state index contributed by atoms with van der Waals surface area (Å²) in [5.74, 6) is 0. The fourth-order valence-electron chi connectivity index (χ4n) is 0. The Bertz CT molecular complexity index is 11.6. The Morgan fingerprint density at radius 2 is 1.80 bits per heavy atom. The van der Waals surface area contributed by atoms with E-state index in [4.69, 9.17) is 10.3 Å². The summed E-state index contributed by atoms with van der Waals surface area (Å²) in [6, 6.07) is 0. The number of aliphatic hydroxyl groups excluding tert-OH is 1. The fourth-order valence-corrected chi connectivity index (χ4v) is 0. The molecule has 0 aromatic rings. The molecule has 0 aliphatic rings. The number of hydroxylamine groups is 1. The molecule has 3 N–H and O–H groups in total. The zero-order chi connectivity index (χ0) is 3.41. The van der Waals surface area contributed by atoms with Crippen molar-refractivity contribution < 1.29 is 10.3 Å². The Hall–Kier alpha value is 1.52. The monoisotopic (exact) mass is 103 g/mol. The zero-order valence-electron chi connectivity index (χ0n) is 2.10. The van der Waals surface area contributed by atoms with Gasteiger partial charge in [-0.15, -0.1) is 0 Å². The van der Waals surface area contributed by atoms with Gasteiger partial charge in [-0.2, -0.15) is 5.48 Å². The molecule has 0 amide bonds. The predicted octanol–water partition coefficient (Wildman–Crippen LogP) is -1.73. The van der Waals surface area contributed by atoms with E-state index in [0.29, 0.717) is 0 Å². The van der Waals surface area contributed by atoms with Gasteiger partial charge in [-0.25, -0.2) is 0 Å². The van der Waals surface area contributed by atoms with Crippen molar-refractivity contribution in [1.82, 2.24) is 5.48 Å². The van der Waals surface area contributed by atoms with Crippen molar-refractivity contribution in [2.45, 2.75) is 0 Å². The van der Waals surface area contributed by atoms with Crippen LogP contribution in [0.3, 0.4) is 0 Å². The first-order valence-corrected chi connectivity index (χ1v) is 0.893. The fraction of sp³-hybridized carbons (Fsp3) is 1.00. The molecule has 0 aliphatic carbocycles. The number of nitrogens with one attached hydrogen (secondary N) is 1. The van der Waals surface area contributed by atoms with Crippen molar-refractivity contribution >= 4 is 51.4 Å². The van der Waals surface area contributed by atoms with Crippen molar-refractivity contribution in [3.63, 3.8) is 0 Å². The average Bonchev–Trinajstić information content (AvgIpc) is 1.37. The van der Waals surface area contributed by atoms with Crippen LogP contribution in [0.25, 0.3) is 0 Å². The normalized spacial score (nSPS) is 6.00. The third kappa shape index (κ3) is 10.8. The Balaban J connectivity index is 0. The van der Waals surface area contributed by atoms with E-state index < -0.39 is 0 Å². The van der Waals surface area contributed by atoms with Gasteiger partial charge in [-0.1, -0.05) is 0 Å². The van der Waals surface area contributed by atoms with Gasteiger partial charge in [0, 0.05) is 0 Å². The molecule has 28 valence electrons. The summed E-state index contributed by atoms with van der Waals surface area (Å²) in [7, 11) is 0. The van der Waals surface area contributed by atoms with E-state index in [1.54, 1.807) is 0 Å². The first kappa shape index (κ1) is 9.72. The topological polar surface area (TPSA) is 52.5 Å². The van der Waals surface area contributed by atoms with Gasteiger partial charge in [0.25, 0.3) is 0 Å². The van der Waals surface area contributed by atoms with Crippen LogP contribution in [0.2, 0.25) is 0 Å². The van der Waals surface area contributed by atoms with Gasteiger partial charge in [0.15, 0.2) is 0 Å². The first-order valence-electron chi connectivity index (χ1n) is 0.893. The van der Waals surface area contributed by atoms with Gasteiger partial charge in [0.05, 0.1) is 0 Å². The molecular formula is CH6KNO2. The summed E-state index contributed by atoms with van der Waals surface area (Å²) < 4.78 is 0. The summed E-state index contributed by atoms with van der Waals surface area (Å²) in [4.78, 5) is 0. The van der Waals surface area contributed by atoms with Crippen LogP contribution in [0.4, 0.5) is 0 Å². The van der Waals surface area contributed by atoms with E-state index in [-0.39, 0.29) is 58.1 Å². The maximum absolute atomic E-state index is 7.51. The summed E-state index contributed by atoms with van der Waals surface area (Å²) in [5, 5.41) is 14.9. The molecule has 0 atom stereocenters. The maximum atomic E-state index is 7.51.